The number of ketones is 1. The molecule has 1 aromatic carbocycles. The smallest absolute Gasteiger partial charge is 0.161 e. The SMILES string of the molecule is CC(=O)c1cccc(F)c1N1CCS(=O)CC1. The third-order valence-electron chi connectivity index (χ3n) is 2.86. The Morgan fingerprint density at radius 3 is 2.59 bits per heavy atom. The van der Waals surface area contributed by atoms with Gasteiger partial charge in [0.05, 0.1) is 5.69 Å². The Morgan fingerprint density at radius 1 is 1.35 bits per heavy atom. The highest BCUT2D eigenvalue weighted by Crippen LogP contribution is 2.26. The molecule has 0 amide bonds. The predicted octanol–water partition coefficient (Wildman–Crippen LogP) is 1.60. The number of carbonyl (C=O) groups is 1. The molecule has 17 heavy (non-hydrogen) atoms. The van der Waals surface area contributed by atoms with E-state index >= 15 is 0 Å². The van der Waals surface area contributed by atoms with Crippen molar-refractivity contribution in [2.24, 2.45) is 0 Å². The van der Waals surface area contributed by atoms with E-state index in [2.05, 4.69) is 0 Å². The van der Waals surface area contributed by atoms with Crippen LogP contribution in [0, 0.1) is 5.82 Å². The van der Waals surface area contributed by atoms with Crippen molar-refractivity contribution in [3.8, 4) is 0 Å². The van der Waals surface area contributed by atoms with Crippen LogP contribution in [0.3, 0.4) is 0 Å². The molecule has 1 aliphatic heterocycles. The Balaban J connectivity index is 2.36. The molecule has 5 heteroatoms. The monoisotopic (exact) mass is 255 g/mol. The van der Waals surface area contributed by atoms with Gasteiger partial charge in [0.15, 0.2) is 5.78 Å². The Morgan fingerprint density at radius 2 is 2.00 bits per heavy atom. The standard InChI is InChI=1S/C12H14FNO2S/c1-9(15)10-3-2-4-11(13)12(10)14-5-7-17(16)8-6-14/h2-4H,5-8H2,1H3. The first kappa shape index (κ1) is 12.2. The summed E-state index contributed by atoms with van der Waals surface area (Å²) in [7, 11) is -0.808. The van der Waals surface area contributed by atoms with Crippen LogP contribution in [-0.4, -0.2) is 34.6 Å². The molecular formula is C12H14FNO2S. The minimum atomic E-state index is -0.808. The van der Waals surface area contributed by atoms with E-state index in [1.165, 1.54) is 19.1 Å². The van der Waals surface area contributed by atoms with Gasteiger partial charge in [-0.25, -0.2) is 4.39 Å². The summed E-state index contributed by atoms with van der Waals surface area (Å²) in [4.78, 5) is 13.3. The molecule has 0 aliphatic carbocycles. The zero-order valence-corrected chi connectivity index (χ0v) is 10.4. The summed E-state index contributed by atoms with van der Waals surface area (Å²) in [6, 6.07) is 4.53. The summed E-state index contributed by atoms with van der Waals surface area (Å²) in [5, 5.41) is 0. The van der Waals surface area contributed by atoms with Crippen LogP contribution in [0.25, 0.3) is 0 Å². The molecule has 0 N–H and O–H groups in total. The van der Waals surface area contributed by atoms with Gasteiger partial charge in [0, 0.05) is 41.0 Å². The highest BCUT2D eigenvalue weighted by atomic mass is 32.2. The van der Waals surface area contributed by atoms with E-state index < -0.39 is 10.8 Å². The van der Waals surface area contributed by atoms with Crippen LogP contribution in [-0.2, 0) is 10.8 Å². The normalized spacial score (nSPS) is 17.2. The number of hydrogen-bond donors (Lipinski definition) is 0. The molecule has 0 bridgehead atoms. The number of benzene rings is 1. The van der Waals surface area contributed by atoms with Crippen molar-refractivity contribution in [1.29, 1.82) is 0 Å². The summed E-state index contributed by atoms with van der Waals surface area (Å²) in [6.07, 6.45) is 0. The van der Waals surface area contributed by atoms with Gasteiger partial charge in [-0.1, -0.05) is 6.07 Å². The van der Waals surface area contributed by atoms with Gasteiger partial charge in [0.1, 0.15) is 5.82 Å². The Bertz CT molecular complexity index is 466. The van der Waals surface area contributed by atoms with E-state index in [1.807, 2.05) is 4.90 Å². The molecule has 0 unspecified atom stereocenters. The Kier molecular flexibility index (Phi) is 3.57. The van der Waals surface area contributed by atoms with Gasteiger partial charge in [0.25, 0.3) is 0 Å². The molecular weight excluding hydrogens is 241 g/mol. The van der Waals surface area contributed by atoms with E-state index in [0.29, 0.717) is 35.8 Å². The van der Waals surface area contributed by atoms with Crippen molar-refractivity contribution in [2.45, 2.75) is 6.92 Å². The molecule has 1 fully saturated rings. The van der Waals surface area contributed by atoms with Crippen molar-refractivity contribution in [3.63, 3.8) is 0 Å². The molecule has 0 radical (unpaired) electrons. The molecule has 0 spiro atoms. The van der Waals surface area contributed by atoms with E-state index in [4.69, 9.17) is 0 Å². The van der Waals surface area contributed by atoms with Crippen LogP contribution in [0.2, 0.25) is 0 Å². The predicted molar refractivity (Wildman–Crippen MR) is 66.5 cm³/mol. The lowest BCUT2D eigenvalue weighted by atomic mass is 10.1. The zero-order valence-electron chi connectivity index (χ0n) is 9.61. The highest BCUT2D eigenvalue weighted by Gasteiger charge is 2.22. The van der Waals surface area contributed by atoms with Crippen LogP contribution < -0.4 is 4.90 Å². The number of para-hydroxylation sites is 1. The fourth-order valence-corrected chi connectivity index (χ4v) is 3.03. The first-order valence-corrected chi connectivity index (χ1v) is 6.98. The maximum absolute atomic E-state index is 13.8. The molecule has 0 saturated carbocycles. The minimum Gasteiger partial charge on any atom is -0.367 e. The average Bonchev–Trinajstić information content (AvgIpc) is 2.30. The summed E-state index contributed by atoms with van der Waals surface area (Å²) in [5.41, 5.74) is 0.759. The van der Waals surface area contributed by atoms with Crippen molar-refractivity contribution in [3.05, 3.63) is 29.6 Å². The van der Waals surface area contributed by atoms with E-state index in [1.54, 1.807) is 6.07 Å². The van der Waals surface area contributed by atoms with Crippen molar-refractivity contribution >= 4 is 22.3 Å². The van der Waals surface area contributed by atoms with E-state index in [9.17, 15) is 13.4 Å². The van der Waals surface area contributed by atoms with Gasteiger partial charge in [0.2, 0.25) is 0 Å². The lowest BCUT2D eigenvalue weighted by molar-refractivity contribution is 0.101. The fourth-order valence-electron chi connectivity index (χ4n) is 1.98. The molecule has 1 aromatic rings. The number of carbonyl (C=O) groups excluding carboxylic acids is 1. The minimum absolute atomic E-state index is 0.147. The molecule has 1 aliphatic rings. The van der Waals surface area contributed by atoms with Crippen LogP contribution in [0.4, 0.5) is 10.1 Å². The summed E-state index contributed by atoms with van der Waals surface area (Å²) in [6.45, 7) is 2.50. The van der Waals surface area contributed by atoms with Crippen LogP contribution >= 0.6 is 0 Å². The largest absolute Gasteiger partial charge is 0.367 e. The number of hydrogen-bond acceptors (Lipinski definition) is 3. The van der Waals surface area contributed by atoms with Gasteiger partial charge in [-0.3, -0.25) is 9.00 Å². The average molecular weight is 255 g/mol. The maximum Gasteiger partial charge on any atom is 0.161 e. The Hall–Kier alpha value is -1.23. The van der Waals surface area contributed by atoms with E-state index in [0.717, 1.165) is 0 Å². The number of nitrogens with zero attached hydrogens (tertiary/aromatic N) is 1. The van der Waals surface area contributed by atoms with E-state index in [-0.39, 0.29) is 11.6 Å². The molecule has 0 aromatic heterocycles. The molecule has 2 rings (SSSR count). The topological polar surface area (TPSA) is 37.4 Å². The fraction of sp³-hybridized carbons (Fsp3) is 0.417. The number of halogens is 1. The van der Waals surface area contributed by atoms with Crippen molar-refractivity contribution < 1.29 is 13.4 Å². The van der Waals surface area contributed by atoms with Crippen LogP contribution in [0.5, 0.6) is 0 Å². The number of Topliss-reactive ketones (excluding diaryl/α,β-unsaturated/α-hetero) is 1. The van der Waals surface area contributed by atoms with Crippen LogP contribution in [0.1, 0.15) is 17.3 Å². The van der Waals surface area contributed by atoms with Gasteiger partial charge < -0.3 is 4.90 Å². The maximum atomic E-state index is 13.8. The molecule has 3 nitrogen and oxygen atoms in total. The lowest BCUT2D eigenvalue weighted by Crippen LogP contribution is -2.39. The second-order valence-electron chi connectivity index (χ2n) is 4.03. The van der Waals surface area contributed by atoms with Gasteiger partial charge in [-0.2, -0.15) is 0 Å². The quantitative estimate of drug-likeness (QED) is 0.753. The summed E-state index contributed by atoms with van der Waals surface area (Å²) < 4.78 is 25.1. The molecule has 1 saturated heterocycles. The zero-order chi connectivity index (χ0) is 12.4. The van der Waals surface area contributed by atoms with Gasteiger partial charge in [-0.05, 0) is 19.1 Å². The van der Waals surface area contributed by atoms with Crippen LogP contribution in [0.15, 0.2) is 18.2 Å². The first-order valence-electron chi connectivity index (χ1n) is 5.49. The molecule has 92 valence electrons. The van der Waals surface area contributed by atoms with Gasteiger partial charge >= 0.3 is 0 Å². The highest BCUT2D eigenvalue weighted by molar-refractivity contribution is 7.85. The summed E-state index contributed by atoms with van der Waals surface area (Å²) in [5.74, 6) is 0.536. The molecule has 0 atom stereocenters. The second kappa shape index (κ2) is 4.96. The summed E-state index contributed by atoms with van der Waals surface area (Å²) >= 11 is 0. The Labute approximate surface area is 102 Å². The third kappa shape index (κ3) is 2.54. The third-order valence-corrected chi connectivity index (χ3v) is 4.14. The number of rotatable bonds is 2. The van der Waals surface area contributed by atoms with Crippen molar-refractivity contribution in [2.75, 3.05) is 29.5 Å². The molecule has 1 heterocycles. The lowest BCUT2D eigenvalue weighted by Gasteiger charge is -2.30. The first-order chi connectivity index (χ1) is 8.09. The second-order valence-corrected chi connectivity index (χ2v) is 5.72. The van der Waals surface area contributed by atoms with Gasteiger partial charge in [-0.15, -0.1) is 0 Å². The number of anilines is 1. The van der Waals surface area contributed by atoms with Crippen molar-refractivity contribution in [1.82, 2.24) is 0 Å².